The molecule has 2 aliphatic heterocycles. The van der Waals surface area contributed by atoms with Crippen molar-refractivity contribution in [2.24, 2.45) is 5.41 Å². The maximum absolute atomic E-state index is 12.0. The Morgan fingerprint density at radius 3 is 1.76 bits per heavy atom. The van der Waals surface area contributed by atoms with Crippen LogP contribution in [0.15, 0.2) is 23.7 Å². The molecule has 33 heavy (non-hydrogen) atoms. The summed E-state index contributed by atoms with van der Waals surface area (Å²) in [6.45, 7) is 12.6. The fourth-order valence-corrected chi connectivity index (χ4v) is 3.38. The predicted octanol–water partition coefficient (Wildman–Crippen LogP) is 3.88. The number of carbonyl (C=O) groups excluding carboxylic acids is 3. The van der Waals surface area contributed by atoms with Gasteiger partial charge in [-0.2, -0.15) is 0 Å². The molecule has 2 heterocycles. The molecule has 0 aromatic heterocycles. The Balaban J connectivity index is 0.000000234. The zero-order valence-electron chi connectivity index (χ0n) is 21.1. The van der Waals surface area contributed by atoms with E-state index in [1.165, 1.54) is 18.1 Å². The van der Waals surface area contributed by atoms with Crippen molar-refractivity contribution in [1.29, 1.82) is 0 Å². The van der Waals surface area contributed by atoms with E-state index >= 15 is 0 Å². The van der Waals surface area contributed by atoms with Crippen molar-refractivity contribution in [3.8, 4) is 0 Å². The van der Waals surface area contributed by atoms with Gasteiger partial charge in [-0.1, -0.05) is 0 Å². The Bertz CT molecular complexity index is 814. The fraction of sp³-hybridized carbons (Fsp3) is 0.708. The number of nitrogens with zero attached hydrogens (tertiary/aromatic N) is 2. The number of hydrogen-bond acceptors (Lipinski definition) is 7. The van der Waals surface area contributed by atoms with Gasteiger partial charge in [-0.25, -0.2) is 9.59 Å². The Hall–Kier alpha value is -2.71. The van der Waals surface area contributed by atoms with Gasteiger partial charge < -0.3 is 18.9 Å². The molecule has 9 nitrogen and oxygen atoms in total. The number of amides is 2. The van der Waals surface area contributed by atoms with Crippen LogP contribution in [0.1, 0.15) is 54.4 Å². The lowest BCUT2D eigenvalue weighted by molar-refractivity contribution is -0.116. The molecule has 0 atom stereocenters. The van der Waals surface area contributed by atoms with Gasteiger partial charge in [-0.05, 0) is 60.5 Å². The van der Waals surface area contributed by atoms with Gasteiger partial charge in [0.1, 0.15) is 22.7 Å². The van der Waals surface area contributed by atoms with Crippen molar-refractivity contribution < 1.29 is 33.3 Å². The first-order chi connectivity index (χ1) is 15.1. The molecule has 9 heteroatoms. The van der Waals surface area contributed by atoms with Crippen LogP contribution in [-0.2, 0) is 23.7 Å². The molecule has 1 spiro atoms. The molecule has 3 aliphatic rings. The summed E-state index contributed by atoms with van der Waals surface area (Å²) in [4.78, 5) is 38.1. The monoisotopic (exact) mass is 466 g/mol. The molecule has 0 bridgehead atoms. The van der Waals surface area contributed by atoms with Gasteiger partial charge in [0.15, 0.2) is 5.78 Å². The van der Waals surface area contributed by atoms with E-state index < -0.39 is 17.3 Å². The maximum atomic E-state index is 12.0. The lowest BCUT2D eigenvalue weighted by atomic mass is 10.0. The molecule has 0 unspecified atom stereocenters. The van der Waals surface area contributed by atoms with E-state index in [0.717, 1.165) is 25.1 Å². The normalized spacial score (nSPS) is 19.6. The van der Waals surface area contributed by atoms with Crippen molar-refractivity contribution in [3.63, 3.8) is 0 Å². The van der Waals surface area contributed by atoms with E-state index in [2.05, 4.69) is 6.08 Å². The van der Waals surface area contributed by atoms with Crippen LogP contribution in [0.25, 0.3) is 0 Å². The minimum atomic E-state index is -0.561. The highest BCUT2D eigenvalue weighted by molar-refractivity contribution is 5.95. The summed E-state index contributed by atoms with van der Waals surface area (Å²) in [5.74, 6) is 1.19. The van der Waals surface area contributed by atoms with Crippen molar-refractivity contribution in [3.05, 3.63) is 23.7 Å². The summed E-state index contributed by atoms with van der Waals surface area (Å²) in [5, 5.41) is 0. The van der Waals surface area contributed by atoms with Gasteiger partial charge in [-0.3, -0.25) is 14.6 Å². The van der Waals surface area contributed by atoms with Gasteiger partial charge in [0.05, 0.1) is 33.9 Å². The second kappa shape index (κ2) is 10.1. The highest BCUT2D eigenvalue weighted by atomic mass is 16.6. The van der Waals surface area contributed by atoms with Gasteiger partial charge >= 0.3 is 12.2 Å². The quantitative estimate of drug-likeness (QED) is 0.609. The van der Waals surface area contributed by atoms with E-state index in [-0.39, 0.29) is 30.4 Å². The van der Waals surface area contributed by atoms with Crippen LogP contribution >= 0.6 is 0 Å². The van der Waals surface area contributed by atoms with E-state index in [1.807, 2.05) is 20.8 Å². The Kier molecular flexibility index (Phi) is 8.09. The van der Waals surface area contributed by atoms with Crippen LogP contribution < -0.4 is 0 Å². The molecule has 0 radical (unpaired) electrons. The number of methoxy groups -OCH3 is 2. The van der Waals surface area contributed by atoms with Crippen LogP contribution in [0, 0.1) is 5.41 Å². The third kappa shape index (κ3) is 8.63. The fourth-order valence-electron chi connectivity index (χ4n) is 3.38. The van der Waals surface area contributed by atoms with E-state index in [9.17, 15) is 14.4 Å². The highest BCUT2D eigenvalue weighted by Crippen LogP contribution is 2.50. The van der Waals surface area contributed by atoms with Crippen molar-refractivity contribution in [1.82, 2.24) is 9.80 Å². The molecule has 0 saturated heterocycles. The number of rotatable bonds is 2. The molecule has 1 fully saturated rings. The van der Waals surface area contributed by atoms with Crippen LogP contribution in [-0.4, -0.2) is 79.4 Å². The van der Waals surface area contributed by atoms with Gasteiger partial charge in [0, 0.05) is 18.0 Å². The molecule has 1 saturated carbocycles. The van der Waals surface area contributed by atoms with Crippen LogP contribution in [0.2, 0.25) is 0 Å². The zero-order chi connectivity index (χ0) is 25.0. The molecule has 0 aromatic rings. The Morgan fingerprint density at radius 1 is 0.818 bits per heavy atom. The summed E-state index contributed by atoms with van der Waals surface area (Å²) in [5.41, 5.74) is -0.836. The Labute approximate surface area is 196 Å². The lowest BCUT2D eigenvalue weighted by Gasteiger charge is -2.33. The number of ketones is 1. The maximum Gasteiger partial charge on any atom is 0.411 e. The summed E-state index contributed by atoms with van der Waals surface area (Å²) in [6, 6.07) is 0. The first-order valence-electron chi connectivity index (χ1n) is 11.1. The third-order valence-corrected chi connectivity index (χ3v) is 5.05. The highest BCUT2D eigenvalue weighted by Gasteiger charge is 2.46. The van der Waals surface area contributed by atoms with Crippen LogP contribution in [0.4, 0.5) is 9.59 Å². The molecule has 2 amide bonds. The smallest absolute Gasteiger partial charge is 0.411 e. The van der Waals surface area contributed by atoms with E-state index in [0.29, 0.717) is 12.3 Å². The predicted molar refractivity (Wildman–Crippen MR) is 122 cm³/mol. The molecule has 3 rings (SSSR count). The average molecular weight is 467 g/mol. The minimum Gasteiger partial charge on any atom is -0.500 e. The van der Waals surface area contributed by atoms with Gasteiger partial charge in [-0.15, -0.1) is 0 Å². The number of hydrogen-bond donors (Lipinski definition) is 0. The molecular weight excluding hydrogens is 428 g/mol. The standard InChI is InChI=1S/C13H21NO3.C11H17NO4/c1-12(2,3)17-11(15)14-8-10(16-4)7-13(9-14)5-6-13;1-11(2,3)16-10(14)12-6-8(13)5-9(7-12)15-4/h7H,5-6,8-9H2,1-4H3;5H,6-7H2,1-4H3. The Morgan fingerprint density at radius 2 is 1.30 bits per heavy atom. The summed E-state index contributed by atoms with van der Waals surface area (Å²) in [6.07, 6.45) is 5.11. The van der Waals surface area contributed by atoms with Crippen molar-refractivity contribution in [2.75, 3.05) is 40.4 Å². The third-order valence-electron chi connectivity index (χ3n) is 5.05. The average Bonchev–Trinajstić information content (AvgIpc) is 3.42. The first-order valence-corrected chi connectivity index (χ1v) is 11.1. The topological polar surface area (TPSA) is 94.6 Å². The second-order valence-electron chi connectivity index (χ2n) is 10.6. The first kappa shape index (κ1) is 26.5. The largest absolute Gasteiger partial charge is 0.500 e. The van der Waals surface area contributed by atoms with E-state index in [1.54, 1.807) is 32.8 Å². The zero-order valence-corrected chi connectivity index (χ0v) is 21.1. The number of ether oxygens (including phenoxy) is 4. The van der Waals surface area contributed by atoms with Crippen LogP contribution in [0.3, 0.4) is 0 Å². The van der Waals surface area contributed by atoms with Crippen LogP contribution in [0.5, 0.6) is 0 Å². The minimum absolute atomic E-state index is 0.0434. The molecule has 186 valence electrons. The summed E-state index contributed by atoms with van der Waals surface area (Å²) >= 11 is 0. The second-order valence-corrected chi connectivity index (χ2v) is 10.6. The molecular formula is C24H38N2O7. The summed E-state index contributed by atoms with van der Waals surface area (Å²) in [7, 11) is 3.12. The SMILES string of the molecule is COC1=CC(=O)CN(C(=O)OC(C)(C)C)C1.COC1=CC2(CC2)CN(C(=O)OC(C)(C)C)C1. The molecule has 0 aromatic carbocycles. The molecule has 1 aliphatic carbocycles. The lowest BCUT2D eigenvalue weighted by Crippen LogP contribution is -2.43. The number of carbonyl (C=O) groups is 3. The van der Waals surface area contributed by atoms with Crippen molar-refractivity contribution in [2.45, 2.75) is 65.6 Å². The summed E-state index contributed by atoms with van der Waals surface area (Å²) < 4.78 is 20.8. The van der Waals surface area contributed by atoms with Gasteiger partial charge in [0.2, 0.25) is 0 Å². The van der Waals surface area contributed by atoms with Crippen molar-refractivity contribution >= 4 is 18.0 Å². The molecule has 0 N–H and O–H groups in total. The van der Waals surface area contributed by atoms with E-state index in [4.69, 9.17) is 18.9 Å². The van der Waals surface area contributed by atoms with Gasteiger partial charge in [0.25, 0.3) is 0 Å².